The van der Waals surface area contributed by atoms with E-state index in [1.165, 1.54) is 24.0 Å². The molecule has 2 rings (SSSR count). The lowest BCUT2D eigenvalue weighted by molar-refractivity contribution is 0.306. The molecule has 0 saturated carbocycles. The highest BCUT2D eigenvalue weighted by Crippen LogP contribution is 2.25. The first-order chi connectivity index (χ1) is 7.79. The second-order valence-corrected chi connectivity index (χ2v) is 4.16. The van der Waals surface area contributed by atoms with Crippen molar-refractivity contribution in [3.05, 3.63) is 29.3 Å². The van der Waals surface area contributed by atoms with Gasteiger partial charge >= 0.3 is 0 Å². The molecule has 1 unspecified atom stereocenters. The minimum absolute atomic E-state index is 0.422. The topological polar surface area (TPSA) is 59.0 Å². The number of nitrogens with zero attached hydrogens (tertiary/aromatic N) is 1. The van der Waals surface area contributed by atoms with Crippen molar-refractivity contribution in [1.29, 1.82) is 5.26 Å². The van der Waals surface area contributed by atoms with Gasteiger partial charge in [0, 0.05) is 6.42 Å². The van der Waals surface area contributed by atoms with Crippen LogP contribution in [0.3, 0.4) is 0 Å². The van der Waals surface area contributed by atoms with Crippen LogP contribution in [0.4, 0.5) is 0 Å². The van der Waals surface area contributed by atoms with Gasteiger partial charge in [0.05, 0.1) is 18.7 Å². The third-order valence-electron chi connectivity index (χ3n) is 2.93. The standard InChI is InChI=1S/C13H16N2O/c14-9-12(15)6-7-16-13-5-4-10-2-1-3-11(10)8-13/h4-5,8,12H,1-3,6-7,15H2. The Labute approximate surface area is 95.8 Å². The van der Waals surface area contributed by atoms with Crippen molar-refractivity contribution < 1.29 is 4.74 Å². The van der Waals surface area contributed by atoms with Crippen LogP contribution in [0.1, 0.15) is 24.0 Å². The van der Waals surface area contributed by atoms with E-state index in [0.29, 0.717) is 13.0 Å². The Kier molecular flexibility index (Phi) is 3.43. The zero-order valence-corrected chi connectivity index (χ0v) is 9.28. The van der Waals surface area contributed by atoms with E-state index in [9.17, 15) is 0 Å². The first-order valence-electron chi connectivity index (χ1n) is 5.69. The molecule has 1 aliphatic carbocycles. The molecule has 0 fully saturated rings. The summed E-state index contributed by atoms with van der Waals surface area (Å²) in [6.07, 6.45) is 4.17. The second-order valence-electron chi connectivity index (χ2n) is 4.16. The highest BCUT2D eigenvalue weighted by molar-refractivity contribution is 5.38. The van der Waals surface area contributed by atoms with Crippen LogP contribution in [0.15, 0.2) is 18.2 Å². The number of benzene rings is 1. The molecule has 0 radical (unpaired) electrons. The van der Waals surface area contributed by atoms with E-state index in [1.807, 2.05) is 12.1 Å². The number of nitrogens with two attached hydrogens (primary N) is 1. The van der Waals surface area contributed by atoms with Gasteiger partial charge in [-0.1, -0.05) is 6.07 Å². The number of hydrogen-bond donors (Lipinski definition) is 1. The molecule has 1 aromatic carbocycles. The van der Waals surface area contributed by atoms with Crippen molar-refractivity contribution in [2.24, 2.45) is 5.73 Å². The maximum Gasteiger partial charge on any atom is 0.119 e. The van der Waals surface area contributed by atoms with Crippen LogP contribution in [-0.4, -0.2) is 12.6 Å². The predicted molar refractivity (Wildman–Crippen MR) is 62.2 cm³/mol. The molecule has 1 aromatic rings. The maximum atomic E-state index is 8.53. The monoisotopic (exact) mass is 216 g/mol. The van der Waals surface area contributed by atoms with E-state index in [4.69, 9.17) is 15.7 Å². The van der Waals surface area contributed by atoms with E-state index in [-0.39, 0.29) is 0 Å². The predicted octanol–water partition coefficient (Wildman–Crippen LogP) is 1.80. The third-order valence-corrected chi connectivity index (χ3v) is 2.93. The summed E-state index contributed by atoms with van der Waals surface area (Å²) in [5.41, 5.74) is 8.34. The fraction of sp³-hybridized carbons (Fsp3) is 0.462. The Morgan fingerprint density at radius 1 is 1.38 bits per heavy atom. The summed E-state index contributed by atoms with van der Waals surface area (Å²) in [5.74, 6) is 0.894. The van der Waals surface area contributed by atoms with Crippen molar-refractivity contribution in [2.45, 2.75) is 31.7 Å². The molecule has 0 saturated heterocycles. The summed E-state index contributed by atoms with van der Waals surface area (Å²) in [6.45, 7) is 0.507. The summed E-state index contributed by atoms with van der Waals surface area (Å²) in [6, 6.07) is 7.82. The Morgan fingerprint density at radius 2 is 2.19 bits per heavy atom. The molecular weight excluding hydrogens is 200 g/mol. The van der Waals surface area contributed by atoms with Gasteiger partial charge in [0.15, 0.2) is 0 Å². The highest BCUT2D eigenvalue weighted by Gasteiger charge is 2.11. The van der Waals surface area contributed by atoms with Crippen LogP contribution in [-0.2, 0) is 12.8 Å². The molecule has 0 spiro atoms. The van der Waals surface area contributed by atoms with Crippen molar-refractivity contribution in [2.75, 3.05) is 6.61 Å². The van der Waals surface area contributed by atoms with Gasteiger partial charge in [0.2, 0.25) is 0 Å². The average molecular weight is 216 g/mol. The summed E-state index contributed by atoms with van der Waals surface area (Å²) in [7, 11) is 0. The molecule has 3 heteroatoms. The van der Waals surface area contributed by atoms with Crippen LogP contribution < -0.4 is 10.5 Å². The van der Waals surface area contributed by atoms with Gasteiger partial charge in [-0.25, -0.2) is 0 Å². The van der Waals surface area contributed by atoms with Gasteiger partial charge in [-0.3, -0.25) is 0 Å². The molecule has 0 heterocycles. The van der Waals surface area contributed by atoms with Gasteiger partial charge in [0.1, 0.15) is 5.75 Å². The fourth-order valence-electron chi connectivity index (χ4n) is 2.01. The molecule has 84 valence electrons. The zero-order chi connectivity index (χ0) is 11.4. The quantitative estimate of drug-likeness (QED) is 0.834. The molecule has 2 N–H and O–H groups in total. The Balaban J connectivity index is 1.89. The van der Waals surface area contributed by atoms with Gasteiger partial charge in [-0.15, -0.1) is 0 Å². The van der Waals surface area contributed by atoms with Gasteiger partial charge in [-0.2, -0.15) is 5.26 Å². The van der Waals surface area contributed by atoms with E-state index in [2.05, 4.69) is 12.1 Å². The van der Waals surface area contributed by atoms with Crippen molar-refractivity contribution in [1.82, 2.24) is 0 Å². The summed E-state index contributed by atoms with van der Waals surface area (Å²) >= 11 is 0. The molecule has 1 aliphatic rings. The number of hydrogen-bond acceptors (Lipinski definition) is 3. The molecule has 0 aromatic heterocycles. The van der Waals surface area contributed by atoms with Crippen LogP contribution in [0, 0.1) is 11.3 Å². The number of fused-ring (bicyclic) bond motifs is 1. The molecular formula is C13H16N2O. The molecule has 16 heavy (non-hydrogen) atoms. The SMILES string of the molecule is N#CC(N)CCOc1ccc2c(c1)CCC2. The van der Waals surface area contributed by atoms with Gasteiger partial charge in [-0.05, 0) is 42.5 Å². The largest absolute Gasteiger partial charge is 0.493 e. The third kappa shape index (κ3) is 2.53. The lowest BCUT2D eigenvalue weighted by Crippen LogP contribution is -2.20. The highest BCUT2D eigenvalue weighted by atomic mass is 16.5. The maximum absolute atomic E-state index is 8.53. The first kappa shape index (κ1) is 11.0. The molecule has 0 bridgehead atoms. The Morgan fingerprint density at radius 3 is 3.00 bits per heavy atom. The van der Waals surface area contributed by atoms with E-state index < -0.39 is 6.04 Å². The summed E-state index contributed by atoms with van der Waals surface area (Å²) in [4.78, 5) is 0. The lowest BCUT2D eigenvalue weighted by Gasteiger charge is -2.08. The molecule has 3 nitrogen and oxygen atoms in total. The van der Waals surface area contributed by atoms with Crippen LogP contribution in [0.2, 0.25) is 0 Å². The minimum atomic E-state index is -0.422. The van der Waals surface area contributed by atoms with Crippen LogP contribution in [0.25, 0.3) is 0 Å². The summed E-state index contributed by atoms with van der Waals surface area (Å²) < 4.78 is 5.57. The minimum Gasteiger partial charge on any atom is -0.493 e. The number of rotatable bonds is 4. The van der Waals surface area contributed by atoms with E-state index >= 15 is 0 Å². The van der Waals surface area contributed by atoms with Crippen molar-refractivity contribution >= 4 is 0 Å². The van der Waals surface area contributed by atoms with Crippen LogP contribution >= 0.6 is 0 Å². The normalized spacial score (nSPS) is 15.2. The Bertz CT molecular complexity index is 409. The zero-order valence-electron chi connectivity index (χ0n) is 9.28. The lowest BCUT2D eigenvalue weighted by atomic mass is 10.1. The molecule has 0 aliphatic heterocycles. The number of aryl methyl sites for hydroxylation is 2. The molecule has 1 atom stereocenters. The van der Waals surface area contributed by atoms with Crippen molar-refractivity contribution in [3.63, 3.8) is 0 Å². The van der Waals surface area contributed by atoms with Crippen molar-refractivity contribution in [3.8, 4) is 11.8 Å². The molecule has 0 amide bonds. The first-order valence-corrected chi connectivity index (χ1v) is 5.69. The van der Waals surface area contributed by atoms with E-state index in [0.717, 1.165) is 12.2 Å². The second kappa shape index (κ2) is 5.00. The fourth-order valence-corrected chi connectivity index (χ4v) is 2.01. The van der Waals surface area contributed by atoms with E-state index in [1.54, 1.807) is 0 Å². The number of nitriles is 1. The average Bonchev–Trinajstić information content (AvgIpc) is 2.76. The smallest absolute Gasteiger partial charge is 0.119 e. The Hall–Kier alpha value is -1.53. The number of ether oxygens (including phenoxy) is 1. The van der Waals surface area contributed by atoms with Gasteiger partial charge < -0.3 is 10.5 Å². The summed E-state index contributed by atoms with van der Waals surface area (Å²) in [5, 5.41) is 8.53. The van der Waals surface area contributed by atoms with Crippen LogP contribution in [0.5, 0.6) is 5.75 Å². The van der Waals surface area contributed by atoms with Gasteiger partial charge in [0.25, 0.3) is 0 Å².